The minimum atomic E-state index is -0.314. The Morgan fingerprint density at radius 3 is 2.89 bits per heavy atom. The van der Waals surface area contributed by atoms with Gasteiger partial charge < -0.3 is 10.1 Å². The number of thioether (sulfide) groups is 1. The summed E-state index contributed by atoms with van der Waals surface area (Å²) in [4.78, 5) is 15.7. The van der Waals surface area contributed by atoms with Gasteiger partial charge in [-0.2, -0.15) is 11.8 Å². The van der Waals surface area contributed by atoms with Crippen LogP contribution in [0, 0.1) is 0 Å². The number of carbonyl (C=O) groups excluding carboxylic acids is 1. The molecular formula is C13H18N2O2S. The average Bonchev–Trinajstić information content (AvgIpc) is 2.41. The molecule has 0 aromatic carbocycles. The van der Waals surface area contributed by atoms with Crippen molar-refractivity contribution in [1.82, 2.24) is 4.98 Å². The van der Waals surface area contributed by atoms with E-state index in [1.54, 1.807) is 19.2 Å². The third-order valence-corrected chi connectivity index (χ3v) is 3.90. The van der Waals surface area contributed by atoms with Crippen molar-refractivity contribution in [3.05, 3.63) is 23.9 Å². The molecule has 0 amide bonds. The van der Waals surface area contributed by atoms with Crippen molar-refractivity contribution in [3.63, 3.8) is 0 Å². The topological polar surface area (TPSA) is 51.2 Å². The van der Waals surface area contributed by atoms with Crippen molar-refractivity contribution < 1.29 is 9.53 Å². The van der Waals surface area contributed by atoms with Crippen LogP contribution in [0.1, 0.15) is 30.1 Å². The zero-order valence-electron chi connectivity index (χ0n) is 10.5. The molecule has 1 aromatic heterocycles. The highest BCUT2D eigenvalue weighted by molar-refractivity contribution is 7.99. The van der Waals surface area contributed by atoms with Crippen LogP contribution in [-0.2, 0) is 4.74 Å². The molecule has 4 nitrogen and oxygen atoms in total. The predicted molar refractivity (Wildman–Crippen MR) is 74.2 cm³/mol. The lowest BCUT2D eigenvalue weighted by Gasteiger charge is -2.22. The van der Waals surface area contributed by atoms with Gasteiger partial charge in [0.2, 0.25) is 0 Å². The number of carbonyl (C=O) groups is 1. The molecule has 1 aromatic rings. The minimum absolute atomic E-state index is 0.314. The summed E-state index contributed by atoms with van der Waals surface area (Å²) in [7, 11) is 0. The van der Waals surface area contributed by atoms with E-state index in [0.29, 0.717) is 18.2 Å². The van der Waals surface area contributed by atoms with Crippen LogP contribution in [-0.4, -0.2) is 35.1 Å². The van der Waals surface area contributed by atoms with Crippen LogP contribution < -0.4 is 5.32 Å². The molecule has 1 N–H and O–H groups in total. The number of hydrogen-bond donors (Lipinski definition) is 1. The van der Waals surface area contributed by atoms with Gasteiger partial charge in [0, 0.05) is 12.2 Å². The molecule has 0 aliphatic carbocycles. The number of nitrogens with one attached hydrogen (secondary N) is 1. The van der Waals surface area contributed by atoms with Gasteiger partial charge in [-0.1, -0.05) is 0 Å². The van der Waals surface area contributed by atoms with E-state index >= 15 is 0 Å². The van der Waals surface area contributed by atoms with Gasteiger partial charge in [0.15, 0.2) is 0 Å². The number of ether oxygens (including phenoxy) is 1. The first kappa shape index (κ1) is 13.2. The molecule has 98 valence electrons. The summed E-state index contributed by atoms with van der Waals surface area (Å²) >= 11 is 2.00. The zero-order chi connectivity index (χ0) is 12.8. The molecule has 0 saturated carbocycles. The molecule has 5 heteroatoms. The summed E-state index contributed by atoms with van der Waals surface area (Å²) < 4.78 is 4.92. The first-order valence-electron chi connectivity index (χ1n) is 6.27. The zero-order valence-corrected chi connectivity index (χ0v) is 11.3. The van der Waals surface area contributed by atoms with Crippen LogP contribution >= 0.6 is 11.8 Å². The average molecular weight is 266 g/mol. The van der Waals surface area contributed by atoms with Gasteiger partial charge in [-0.3, -0.25) is 0 Å². The van der Waals surface area contributed by atoms with Crippen LogP contribution in [0.5, 0.6) is 0 Å². The maximum Gasteiger partial charge on any atom is 0.339 e. The second-order valence-corrected chi connectivity index (χ2v) is 5.41. The summed E-state index contributed by atoms with van der Waals surface area (Å²) in [6.45, 7) is 2.18. The molecule has 2 heterocycles. The van der Waals surface area contributed by atoms with Crippen molar-refractivity contribution in [3.8, 4) is 0 Å². The Kier molecular flexibility index (Phi) is 4.87. The standard InChI is InChI=1S/C13H18N2O2S/c1-2-17-13(16)10-3-4-12(14-9-10)15-11-5-7-18-8-6-11/h3-4,9,11H,2,5-8H2,1H3,(H,14,15). The maximum absolute atomic E-state index is 11.5. The fourth-order valence-corrected chi connectivity index (χ4v) is 2.97. The molecule has 1 saturated heterocycles. The Labute approximate surface area is 112 Å². The van der Waals surface area contributed by atoms with Gasteiger partial charge in [-0.15, -0.1) is 0 Å². The second kappa shape index (κ2) is 6.64. The number of rotatable bonds is 4. The molecule has 1 aliphatic rings. The smallest absolute Gasteiger partial charge is 0.339 e. The van der Waals surface area contributed by atoms with E-state index < -0.39 is 0 Å². The second-order valence-electron chi connectivity index (χ2n) is 4.18. The molecule has 0 unspecified atom stereocenters. The Balaban J connectivity index is 1.92. The highest BCUT2D eigenvalue weighted by Crippen LogP contribution is 2.20. The minimum Gasteiger partial charge on any atom is -0.462 e. The molecule has 0 atom stereocenters. The Hall–Kier alpha value is -1.23. The lowest BCUT2D eigenvalue weighted by atomic mass is 10.1. The predicted octanol–water partition coefficient (Wildman–Crippen LogP) is 2.57. The molecule has 18 heavy (non-hydrogen) atoms. The SMILES string of the molecule is CCOC(=O)c1ccc(NC2CCSCC2)nc1. The highest BCUT2D eigenvalue weighted by Gasteiger charge is 2.14. The number of hydrogen-bond acceptors (Lipinski definition) is 5. The van der Waals surface area contributed by atoms with Gasteiger partial charge in [-0.05, 0) is 43.4 Å². The molecular weight excluding hydrogens is 248 g/mol. The van der Waals surface area contributed by atoms with E-state index in [-0.39, 0.29) is 5.97 Å². The van der Waals surface area contributed by atoms with Crippen LogP contribution in [0.3, 0.4) is 0 Å². The van der Waals surface area contributed by atoms with Gasteiger partial charge in [0.1, 0.15) is 5.82 Å². The van der Waals surface area contributed by atoms with E-state index in [0.717, 1.165) is 5.82 Å². The number of anilines is 1. The number of esters is 1. The van der Waals surface area contributed by atoms with E-state index in [9.17, 15) is 4.79 Å². The van der Waals surface area contributed by atoms with Crippen LogP contribution in [0.15, 0.2) is 18.3 Å². The van der Waals surface area contributed by atoms with Gasteiger partial charge in [0.25, 0.3) is 0 Å². The van der Waals surface area contributed by atoms with Crippen molar-refractivity contribution in [2.45, 2.75) is 25.8 Å². The van der Waals surface area contributed by atoms with Crippen molar-refractivity contribution in [2.24, 2.45) is 0 Å². The summed E-state index contributed by atoms with van der Waals surface area (Å²) in [5.74, 6) is 2.93. The Bertz CT molecular complexity index is 388. The Morgan fingerprint density at radius 1 is 1.50 bits per heavy atom. The molecule has 1 fully saturated rings. The maximum atomic E-state index is 11.5. The summed E-state index contributed by atoms with van der Waals surface area (Å²) in [5.41, 5.74) is 0.501. The lowest BCUT2D eigenvalue weighted by molar-refractivity contribution is 0.0526. The van der Waals surface area contributed by atoms with Crippen molar-refractivity contribution in [1.29, 1.82) is 0 Å². The normalized spacial score (nSPS) is 16.3. The monoisotopic (exact) mass is 266 g/mol. The summed E-state index contributed by atoms with van der Waals surface area (Å²) in [6.07, 6.45) is 3.91. The van der Waals surface area contributed by atoms with E-state index in [1.165, 1.54) is 24.3 Å². The van der Waals surface area contributed by atoms with Crippen molar-refractivity contribution >= 4 is 23.5 Å². The summed E-state index contributed by atoms with van der Waals surface area (Å²) in [5, 5.41) is 3.40. The number of nitrogens with zero attached hydrogens (tertiary/aromatic N) is 1. The number of pyridine rings is 1. The first-order valence-corrected chi connectivity index (χ1v) is 7.42. The van der Waals surface area contributed by atoms with E-state index in [4.69, 9.17) is 4.74 Å². The van der Waals surface area contributed by atoms with E-state index in [2.05, 4.69) is 10.3 Å². The highest BCUT2D eigenvalue weighted by atomic mass is 32.2. The van der Waals surface area contributed by atoms with Crippen LogP contribution in [0.4, 0.5) is 5.82 Å². The fourth-order valence-electron chi connectivity index (χ4n) is 1.87. The van der Waals surface area contributed by atoms with Crippen molar-refractivity contribution in [2.75, 3.05) is 23.4 Å². The molecule has 0 spiro atoms. The lowest BCUT2D eigenvalue weighted by Crippen LogP contribution is -2.24. The molecule has 0 bridgehead atoms. The fraction of sp³-hybridized carbons (Fsp3) is 0.538. The molecule has 0 radical (unpaired) electrons. The largest absolute Gasteiger partial charge is 0.462 e. The quantitative estimate of drug-likeness (QED) is 0.849. The van der Waals surface area contributed by atoms with Gasteiger partial charge in [-0.25, -0.2) is 9.78 Å². The molecule has 1 aliphatic heterocycles. The third-order valence-electron chi connectivity index (χ3n) is 2.85. The third kappa shape index (κ3) is 3.63. The Morgan fingerprint density at radius 2 is 2.28 bits per heavy atom. The van der Waals surface area contributed by atoms with E-state index in [1.807, 2.05) is 17.8 Å². The van der Waals surface area contributed by atoms with Gasteiger partial charge in [0.05, 0.1) is 12.2 Å². The summed E-state index contributed by atoms with van der Waals surface area (Å²) in [6, 6.07) is 4.10. The van der Waals surface area contributed by atoms with Gasteiger partial charge >= 0.3 is 5.97 Å². The van der Waals surface area contributed by atoms with Crippen LogP contribution in [0.2, 0.25) is 0 Å². The van der Waals surface area contributed by atoms with Crippen LogP contribution in [0.25, 0.3) is 0 Å². The first-order chi connectivity index (χ1) is 8.79. The molecule has 2 rings (SSSR count). The number of aromatic nitrogens is 1.